The van der Waals surface area contributed by atoms with Gasteiger partial charge in [-0.25, -0.2) is 4.39 Å². The van der Waals surface area contributed by atoms with Crippen LogP contribution in [-0.2, 0) is 12.2 Å². The Morgan fingerprint density at radius 2 is 2.20 bits per heavy atom. The predicted molar refractivity (Wildman–Crippen MR) is 75.0 cm³/mol. The minimum atomic E-state index is -0.213. The molecule has 0 bridgehead atoms. The maximum absolute atomic E-state index is 13.5. The summed E-state index contributed by atoms with van der Waals surface area (Å²) in [6.07, 6.45) is 3.29. The summed E-state index contributed by atoms with van der Waals surface area (Å²) >= 11 is 1.38. The van der Waals surface area contributed by atoms with Crippen molar-refractivity contribution in [3.8, 4) is 0 Å². The fraction of sp³-hybridized carbons (Fsp3) is 0.429. The molecule has 1 heterocycles. The number of nitrogens with one attached hydrogen (secondary N) is 1. The van der Waals surface area contributed by atoms with Crippen molar-refractivity contribution in [2.75, 3.05) is 6.54 Å². The van der Waals surface area contributed by atoms with E-state index >= 15 is 0 Å². The molecule has 0 unspecified atom stereocenters. The lowest BCUT2D eigenvalue weighted by molar-refractivity contribution is 0.372. The lowest BCUT2D eigenvalue weighted by Crippen LogP contribution is -2.19. The molecule has 20 heavy (non-hydrogen) atoms. The average Bonchev–Trinajstić information content (AvgIpc) is 3.16. The van der Waals surface area contributed by atoms with Crippen LogP contribution in [0.3, 0.4) is 0 Å². The van der Waals surface area contributed by atoms with E-state index in [1.165, 1.54) is 30.7 Å². The average molecular weight is 293 g/mol. The van der Waals surface area contributed by atoms with Crippen molar-refractivity contribution < 1.29 is 8.91 Å². The Hall–Kier alpha value is -1.40. The van der Waals surface area contributed by atoms with Crippen LogP contribution < -0.4 is 5.32 Å². The molecule has 0 saturated heterocycles. The molecule has 0 atom stereocenters. The minimum Gasteiger partial charge on any atom is -0.339 e. The highest BCUT2D eigenvalue weighted by molar-refractivity contribution is 7.98. The normalized spacial score (nSPS) is 14.7. The van der Waals surface area contributed by atoms with Crippen molar-refractivity contribution in [3.63, 3.8) is 0 Å². The van der Waals surface area contributed by atoms with E-state index in [0.29, 0.717) is 28.4 Å². The monoisotopic (exact) mass is 293 g/mol. The molecule has 1 aliphatic carbocycles. The van der Waals surface area contributed by atoms with E-state index in [4.69, 9.17) is 4.52 Å². The second-order valence-electron chi connectivity index (χ2n) is 4.80. The minimum absolute atomic E-state index is 0.213. The SMILES string of the molecule is Fc1ccccc1SCc1noc(CCNC2CC2)n1. The van der Waals surface area contributed by atoms with Crippen LogP contribution in [0, 0.1) is 5.82 Å². The molecule has 0 amide bonds. The Labute approximate surface area is 121 Å². The molecular weight excluding hydrogens is 277 g/mol. The summed E-state index contributed by atoms with van der Waals surface area (Å²) in [7, 11) is 0. The number of aromatic nitrogens is 2. The zero-order valence-electron chi connectivity index (χ0n) is 11.0. The lowest BCUT2D eigenvalue weighted by Gasteiger charge is -1.99. The molecule has 1 aromatic heterocycles. The number of benzene rings is 1. The molecule has 3 rings (SSSR count). The van der Waals surface area contributed by atoms with Gasteiger partial charge in [-0.3, -0.25) is 0 Å². The van der Waals surface area contributed by atoms with Gasteiger partial charge in [-0.15, -0.1) is 11.8 Å². The van der Waals surface area contributed by atoms with E-state index in [1.54, 1.807) is 12.1 Å². The maximum Gasteiger partial charge on any atom is 0.227 e. The molecule has 0 aliphatic heterocycles. The lowest BCUT2D eigenvalue weighted by atomic mass is 10.3. The van der Waals surface area contributed by atoms with Crippen molar-refractivity contribution in [1.82, 2.24) is 15.5 Å². The Balaban J connectivity index is 1.48. The number of hydrogen-bond acceptors (Lipinski definition) is 5. The number of thioether (sulfide) groups is 1. The summed E-state index contributed by atoms with van der Waals surface area (Å²) in [6.45, 7) is 0.868. The highest BCUT2D eigenvalue weighted by Gasteiger charge is 2.20. The van der Waals surface area contributed by atoms with Crippen LogP contribution in [0.4, 0.5) is 4.39 Å². The first-order valence-corrected chi connectivity index (χ1v) is 7.72. The summed E-state index contributed by atoms with van der Waals surface area (Å²) in [5, 5.41) is 7.31. The predicted octanol–water partition coefficient (Wildman–Crippen LogP) is 2.80. The van der Waals surface area contributed by atoms with Crippen LogP contribution in [0.15, 0.2) is 33.7 Å². The molecule has 1 aliphatic rings. The maximum atomic E-state index is 13.5. The van der Waals surface area contributed by atoms with E-state index in [1.807, 2.05) is 6.07 Å². The third kappa shape index (κ3) is 3.80. The molecule has 0 spiro atoms. The van der Waals surface area contributed by atoms with Gasteiger partial charge in [0.25, 0.3) is 0 Å². The van der Waals surface area contributed by atoms with Gasteiger partial charge in [-0.05, 0) is 25.0 Å². The molecule has 1 N–H and O–H groups in total. The number of nitrogens with zero attached hydrogens (tertiary/aromatic N) is 2. The topological polar surface area (TPSA) is 51.0 Å². The Bertz CT molecular complexity index is 571. The largest absolute Gasteiger partial charge is 0.339 e. The molecule has 6 heteroatoms. The van der Waals surface area contributed by atoms with Crippen LogP contribution >= 0.6 is 11.8 Å². The smallest absolute Gasteiger partial charge is 0.227 e. The van der Waals surface area contributed by atoms with Crippen LogP contribution in [0.25, 0.3) is 0 Å². The third-order valence-electron chi connectivity index (χ3n) is 3.05. The van der Waals surface area contributed by atoms with Gasteiger partial charge in [-0.1, -0.05) is 17.3 Å². The molecule has 1 aromatic carbocycles. The zero-order chi connectivity index (χ0) is 13.8. The molecule has 2 aromatic rings. The molecule has 106 valence electrons. The van der Waals surface area contributed by atoms with Crippen molar-refractivity contribution in [3.05, 3.63) is 41.8 Å². The standard InChI is InChI=1S/C14H16FN3OS/c15-11-3-1-2-4-12(11)20-9-13-17-14(19-18-13)7-8-16-10-5-6-10/h1-4,10,16H,5-9H2. The fourth-order valence-corrected chi connectivity index (χ4v) is 2.61. The number of rotatable bonds is 7. The van der Waals surface area contributed by atoms with Crippen molar-refractivity contribution in [2.45, 2.75) is 36.0 Å². The Morgan fingerprint density at radius 1 is 1.35 bits per heavy atom. The summed E-state index contributed by atoms with van der Waals surface area (Å²) in [5.74, 6) is 1.55. The van der Waals surface area contributed by atoms with Crippen molar-refractivity contribution in [2.24, 2.45) is 0 Å². The molecule has 1 saturated carbocycles. The van der Waals surface area contributed by atoms with Crippen molar-refractivity contribution in [1.29, 1.82) is 0 Å². The Morgan fingerprint density at radius 3 is 3.00 bits per heavy atom. The summed E-state index contributed by atoms with van der Waals surface area (Å²) in [4.78, 5) is 4.92. The van der Waals surface area contributed by atoms with E-state index in [2.05, 4.69) is 15.5 Å². The molecule has 1 fully saturated rings. The molecule has 4 nitrogen and oxygen atoms in total. The summed E-state index contributed by atoms with van der Waals surface area (Å²) in [6, 6.07) is 7.39. The number of hydrogen-bond donors (Lipinski definition) is 1. The van der Waals surface area contributed by atoms with Gasteiger partial charge in [-0.2, -0.15) is 4.98 Å². The summed E-state index contributed by atoms with van der Waals surface area (Å²) < 4.78 is 18.6. The van der Waals surface area contributed by atoms with Crippen LogP contribution in [0.5, 0.6) is 0 Å². The van der Waals surface area contributed by atoms with E-state index in [0.717, 1.165) is 13.0 Å². The van der Waals surface area contributed by atoms with Crippen LogP contribution in [0.2, 0.25) is 0 Å². The molecule has 0 radical (unpaired) electrons. The third-order valence-corrected chi connectivity index (χ3v) is 4.10. The number of halogens is 1. The van der Waals surface area contributed by atoms with E-state index < -0.39 is 0 Å². The van der Waals surface area contributed by atoms with E-state index in [9.17, 15) is 4.39 Å². The second-order valence-corrected chi connectivity index (χ2v) is 5.82. The van der Waals surface area contributed by atoms with Crippen LogP contribution in [0.1, 0.15) is 24.6 Å². The second kappa shape index (κ2) is 6.37. The first kappa shape index (κ1) is 13.6. The highest BCUT2D eigenvalue weighted by Crippen LogP contribution is 2.24. The van der Waals surface area contributed by atoms with Gasteiger partial charge in [0.15, 0.2) is 5.82 Å². The quantitative estimate of drug-likeness (QED) is 0.796. The van der Waals surface area contributed by atoms with Gasteiger partial charge in [0.05, 0.1) is 5.75 Å². The van der Waals surface area contributed by atoms with Crippen molar-refractivity contribution >= 4 is 11.8 Å². The van der Waals surface area contributed by atoms with Gasteiger partial charge in [0.1, 0.15) is 5.82 Å². The first-order chi connectivity index (χ1) is 9.81. The van der Waals surface area contributed by atoms with Gasteiger partial charge < -0.3 is 9.84 Å². The Kier molecular flexibility index (Phi) is 4.32. The van der Waals surface area contributed by atoms with Gasteiger partial charge in [0.2, 0.25) is 5.89 Å². The molecular formula is C14H16FN3OS. The first-order valence-electron chi connectivity index (χ1n) is 6.73. The fourth-order valence-electron chi connectivity index (χ4n) is 1.83. The zero-order valence-corrected chi connectivity index (χ0v) is 11.8. The highest BCUT2D eigenvalue weighted by atomic mass is 32.2. The van der Waals surface area contributed by atoms with Gasteiger partial charge >= 0.3 is 0 Å². The van der Waals surface area contributed by atoms with Crippen LogP contribution in [-0.4, -0.2) is 22.7 Å². The van der Waals surface area contributed by atoms with E-state index in [-0.39, 0.29) is 5.82 Å². The summed E-state index contributed by atoms with van der Waals surface area (Å²) in [5.41, 5.74) is 0. The van der Waals surface area contributed by atoms with Gasteiger partial charge in [0, 0.05) is 23.9 Å².